The molecule has 0 saturated heterocycles. The maximum Gasteiger partial charge on any atom is 0.141 e. The van der Waals surface area contributed by atoms with Crippen molar-refractivity contribution in [1.82, 2.24) is 19.9 Å². The van der Waals surface area contributed by atoms with Crippen LogP contribution in [-0.4, -0.2) is 32.9 Å². The topological polar surface area (TPSA) is 68.6 Å². The maximum absolute atomic E-state index is 9.15. The smallest absolute Gasteiger partial charge is 0.141 e. The van der Waals surface area contributed by atoms with E-state index in [1.54, 1.807) is 6.20 Å². The molecule has 0 fully saturated rings. The number of nitriles is 1. The van der Waals surface area contributed by atoms with Crippen LogP contribution in [0.15, 0.2) is 42.7 Å². The zero-order chi connectivity index (χ0) is 18.4. The Kier molecular flexibility index (Phi) is 3.66. The second-order valence-corrected chi connectivity index (χ2v) is 7.07. The van der Waals surface area contributed by atoms with Crippen LogP contribution in [-0.2, 0) is 13.0 Å². The Morgan fingerprint density at radius 1 is 1.07 bits per heavy atom. The van der Waals surface area contributed by atoms with E-state index in [1.807, 2.05) is 12.3 Å². The summed E-state index contributed by atoms with van der Waals surface area (Å²) in [5.74, 6) is 0. The second kappa shape index (κ2) is 6.19. The molecule has 1 aromatic carbocycles. The molecule has 4 aromatic rings. The molecule has 1 N–H and O–H groups in total. The minimum Gasteiger partial charge on any atom is -0.338 e. The average Bonchev–Trinajstić information content (AvgIpc) is 3.09. The minimum atomic E-state index is 0.420. The number of H-pyrrole nitrogens is 1. The summed E-state index contributed by atoms with van der Waals surface area (Å²) in [6.45, 7) is 5.48. The summed E-state index contributed by atoms with van der Waals surface area (Å²) in [4.78, 5) is 14.5. The van der Waals surface area contributed by atoms with Crippen LogP contribution in [0.1, 0.15) is 23.7 Å². The summed E-state index contributed by atoms with van der Waals surface area (Å²) in [5, 5.41) is 11.2. The molecule has 27 heavy (non-hydrogen) atoms. The van der Waals surface area contributed by atoms with Crippen LogP contribution >= 0.6 is 0 Å². The number of fused-ring (bicyclic) bond motifs is 4. The molecule has 0 unspecified atom stereocenters. The molecular formula is C22H19N5. The molecule has 0 aliphatic carbocycles. The summed E-state index contributed by atoms with van der Waals surface area (Å²) in [6.07, 6.45) is 4.71. The number of likely N-dealkylation sites (N-methyl/N-ethyl adjacent to an activating group) is 1. The molecule has 5 heteroatoms. The molecule has 1 aliphatic heterocycles. The van der Waals surface area contributed by atoms with E-state index in [-0.39, 0.29) is 0 Å². The van der Waals surface area contributed by atoms with Gasteiger partial charge in [-0.2, -0.15) is 5.26 Å². The van der Waals surface area contributed by atoms with Crippen molar-refractivity contribution < 1.29 is 0 Å². The lowest BCUT2D eigenvalue weighted by atomic mass is 9.95. The van der Waals surface area contributed by atoms with Crippen molar-refractivity contribution in [3.8, 4) is 17.2 Å². The van der Waals surface area contributed by atoms with Crippen LogP contribution in [0, 0.1) is 11.3 Å². The summed E-state index contributed by atoms with van der Waals surface area (Å²) in [5.41, 5.74) is 7.30. The largest absolute Gasteiger partial charge is 0.338 e. The van der Waals surface area contributed by atoms with E-state index in [9.17, 15) is 0 Å². The first kappa shape index (κ1) is 16.0. The summed E-state index contributed by atoms with van der Waals surface area (Å²) in [6, 6.07) is 12.9. The van der Waals surface area contributed by atoms with E-state index in [2.05, 4.69) is 57.1 Å². The van der Waals surface area contributed by atoms with Crippen molar-refractivity contribution >= 4 is 21.9 Å². The van der Waals surface area contributed by atoms with Crippen molar-refractivity contribution in [2.45, 2.75) is 19.9 Å². The molecule has 1 aliphatic rings. The van der Waals surface area contributed by atoms with Crippen LogP contribution in [0.5, 0.6) is 0 Å². The van der Waals surface area contributed by atoms with Crippen molar-refractivity contribution in [1.29, 1.82) is 5.26 Å². The van der Waals surface area contributed by atoms with E-state index in [0.29, 0.717) is 5.69 Å². The lowest BCUT2D eigenvalue weighted by molar-refractivity contribution is 0.268. The molecule has 4 heterocycles. The van der Waals surface area contributed by atoms with Crippen LogP contribution in [0.4, 0.5) is 0 Å². The number of nitrogens with zero attached hydrogens (tertiary/aromatic N) is 4. The van der Waals surface area contributed by atoms with Crippen molar-refractivity contribution in [2.75, 3.05) is 13.1 Å². The van der Waals surface area contributed by atoms with Crippen LogP contribution in [0.25, 0.3) is 33.1 Å². The predicted octanol–water partition coefficient (Wildman–Crippen LogP) is 4.03. The first-order valence-electron chi connectivity index (χ1n) is 9.27. The van der Waals surface area contributed by atoms with E-state index in [1.165, 1.54) is 16.7 Å². The van der Waals surface area contributed by atoms with Gasteiger partial charge in [0, 0.05) is 35.6 Å². The highest BCUT2D eigenvalue weighted by molar-refractivity contribution is 6.06. The Hall–Kier alpha value is -3.23. The first-order chi connectivity index (χ1) is 13.2. The summed E-state index contributed by atoms with van der Waals surface area (Å²) in [7, 11) is 0. The summed E-state index contributed by atoms with van der Waals surface area (Å²) < 4.78 is 0. The van der Waals surface area contributed by atoms with Gasteiger partial charge in [0.2, 0.25) is 0 Å². The number of nitrogens with one attached hydrogen (secondary N) is 1. The monoisotopic (exact) mass is 353 g/mol. The summed E-state index contributed by atoms with van der Waals surface area (Å²) >= 11 is 0. The predicted molar refractivity (Wildman–Crippen MR) is 106 cm³/mol. The van der Waals surface area contributed by atoms with Crippen molar-refractivity contribution in [3.05, 3.63) is 59.5 Å². The zero-order valence-electron chi connectivity index (χ0n) is 15.2. The fourth-order valence-corrected chi connectivity index (χ4v) is 3.95. The molecule has 132 valence electrons. The molecule has 0 saturated carbocycles. The van der Waals surface area contributed by atoms with Gasteiger partial charge < -0.3 is 4.98 Å². The third kappa shape index (κ3) is 2.66. The standard InChI is InChI=1S/C22H19N5/c1-2-27-6-5-15-7-14(3-4-16(15)13-27)17-8-20-19-9-18(10-23)24-12-21(19)26-22(20)25-11-17/h3-4,7-9,11-12H,2,5-6,13H2,1H3,(H,25,26). The van der Waals surface area contributed by atoms with Crippen LogP contribution < -0.4 is 0 Å². The number of hydrogen-bond donors (Lipinski definition) is 1. The highest BCUT2D eigenvalue weighted by atomic mass is 15.1. The quantitative estimate of drug-likeness (QED) is 0.591. The van der Waals surface area contributed by atoms with Crippen molar-refractivity contribution in [2.24, 2.45) is 0 Å². The van der Waals surface area contributed by atoms with Gasteiger partial charge in [-0.3, -0.25) is 4.90 Å². The highest BCUT2D eigenvalue weighted by Gasteiger charge is 2.16. The lowest BCUT2D eigenvalue weighted by Gasteiger charge is -2.27. The van der Waals surface area contributed by atoms with E-state index >= 15 is 0 Å². The first-order valence-corrected chi connectivity index (χ1v) is 9.27. The van der Waals surface area contributed by atoms with Gasteiger partial charge in [-0.05, 0) is 41.8 Å². The third-order valence-corrected chi connectivity index (χ3v) is 5.53. The molecule has 0 amide bonds. The molecule has 3 aromatic heterocycles. The normalized spacial score (nSPS) is 14.4. The van der Waals surface area contributed by atoms with E-state index < -0.39 is 0 Å². The van der Waals surface area contributed by atoms with Gasteiger partial charge in [0.25, 0.3) is 0 Å². The number of hydrogen-bond acceptors (Lipinski definition) is 4. The lowest BCUT2D eigenvalue weighted by Crippen LogP contribution is -2.30. The Labute approximate surface area is 157 Å². The Balaban J connectivity index is 1.61. The number of rotatable bonds is 2. The molecule has 5 nitrogen and oxygen atoms in total. The number of pyridine rings is 2. The molecule has 5 rings (SSSR count). The molecule has 0 bridgehead atoms. The zero-order valence-corrected chi connectivity index (χ0v) is 15.2. The van der Waals surface area contributed by atoms with Gasteiger partial charge in [0.15, 0.2) is 0 Å². The van der Waals surface area contributed by atoms with Gasteiger partial charge >= 0.3 is 0 Å². The Morgan fingerprint density at radius 2 is 2.00 bits per heavy atom. The third-order valence-electron chi connectivity index (χ3n) is 5.53. The van der Waals surface area contributed by atoms with Gasteiger partial charge in [-0.25, -0.2) is 9.97 Å². The molecule has 0 atom stereocenters. The van der Waals surface area contributed by atoms with E-state index in [4.69, 9.17) is 5.26 Å². The number of aromatic amines is 1. The molecular weight excluding hydrogens is 334 g/mol. The Bertz CT molecular complexity index is 1210. The van der Waals surface area contributed by atoms with Crippen LogP contribution in [0.2, 0.25) is 0 Å². The number of benzene rings is 1. The minimum absolute atomic E-state index is 0.420. The van der Waals surface area contributed by atoms with Gasteiger partial charge in [-0.1, -0.05) is 25.1 Å². The average molecular weight is 353 g/mol. The molecule has 0 spiro atoms. The SMILES string of the molecule is CCN1CCc2cc(-c3cnc4[nH]c5cnc(C#N)cc5c4c3)ccc2C1. The second-order valence-electron chi connectivity index (χ2n) is 7.07. The number of aromatic nitrogens is 3. The fraction of sp³-hybridized carbons (Fsp3) is 0.227. The van der Waals surface area contributed by atoms with Gasteiger partial charge in [0.1, 0.15) is 17.4 Å². The van der Waals surface area contributed by atoms with Gasteiger partial charge in [0.05, 0.1) is 11.7 Å². The molecule has 0 radical (unpaired) electrons. The maximum atomic E-state index is 9.15. The fourth-order valence-electron chi connectivity index (χ4n) is 3.95. The highest BCUT2D eigenvalue weighted by Crippen LogP contribution is 2.30. The van der Waals surface area contributed by atoms with Crippen molar-refractivity contribution in [3.63, 3.8) is 0 Å². The van der Waals surface area contributed by atoms with Crippen LogP contribution in [0.3, 0.4) is 0 Å². The van der Waals surface area contributed by atoms with Gasteiger partial charge in [-0.15, -0.1) is 0 Å². The van der Waals surface area contributed by atoms with E-state index in [0.717, 1.165) is 53.6 Å². The Morgan fingerprint density at radius 3 is 2.85 bits per heavy atom.